The summed E-state index contributed by atoms with van der Waals surface area (Å²) in [5.74, 6) is 4.10. The van der Waals surface area contributed by atoms with Crippen molar-refractivity contribution in [3.05, 3.63) is 0 Å². The van der Waals surface area contributed by atoms with E-state index in [4.69, 9.17) is 0 Å². The van der Waals surface area contributed by atoms with Crippen LogP contribution in [-0.4, -0.2) is 6.71 Å². The van der Waals surface area contributed by atoms with Crippen LogP contribution in [0.3, 0.4) is 0 Å². The number of hydrogen-bond donors (Lipinski definition) is 0. The van der Waals surface area contributed by atoms with Crippen molar-refractivity contribution in [2.45, 2.75) is 143 Å². The largest absolute Gasteiger partial charge is 0.143 e. The molecule has 3 aliphatic rings. The zero-order valence-corrected chi connectivity index (χ0v) is 19.7. The van der Waals surface area contributed by atoms with Gasteiger partial charge in [-0.15, -0.1) is 0 Å². The molecule has 0 aromatic rings. The highest BCUT2D eigenvalue weighted by Gasteiger charge is 2.57. The van der Waals surface area contributed by atoms with E-state index in [1.165, 1.54) is 89.7 Å². The van der Waals surface area contributed by atoms with Gasteiger partial charge in [-0.25, -0.2) is 0 Å². The Hall–Kier alpha value is 0.0649. The Morgan fingerprint density at radius 1 is 0.704 bits per heavy atom. The third kappa shape index (κ3) is 6.53. The molecule has 0 aromatic carbocycles. The van der Waals surface area contributed by atoms with Crippen molar-refractivity contribution in [1.82, 2.24) is 0 Å². The maximum absolute atomic E-state index is 2.63. The summed E-state index contributed by atoms with van der Waals surface area (Å²) in [6.45, 7) is 13.5. The number of hydrogen-bond acceptors (Lipinski definition) is 0. The van der Waals surface area contributed by atoms with Gasteiger partial charge in [0, 0.05) is 0 Å². The Morgan fingerprint density at radius 2 is 1.19 bits per heavy atom. The molecule has 27 heavy (non-hydrogen) atoms. The fourth-order valence-electron chi connectivity index (χ4n) is 6.76. The minimum absolute atomic E-state index is 0.654. The molecular weight excluding hydrogens is 323 g/mol. The molecule has 2 unspecified atom stereocenters. The van der Waals surface area contributed by atoms with Gasteiger partial charge in [-0.05, 0) is 29.6 Å². The molecule has 3 aliphatic carbocycles. The minimum atomic E-state index is 0.654. The molecule has 0 aromatic heterocycles. The van der Waals surface area contributed by atoms with Gasteiger partial charge < -0.3 is 0 Å². The third-order valence-corrected chi connectivity index (χ3v) is 8.88. The van der Waals surface area contributed by atoms with E-state index in [9.17, 15) is 0 Å². The van der Waals surface area contributed by atoms with Crippen LogP contribution >= 0.6 is 0 Å². The lowest BCUT2D eigenvalue weighted by atomic mass is 9.27. The molecule has 0 aliphatic heterocycles. The Kier molecular flexibility index (Phi) is 10.3. The quantitative estimate of drug-likeness (QED) is 0.198. The Morgan fingerprint density at radius 3 is 1.63 bits per heavy atom. The molecule has 0 N–H and O–H groups in total. The second-order valence-electron chi connectivity index (χ2n) is 11.0. The predicted molar refractivity (Wildman–Crippen MR) is 125 cm³/mol. The van der Waals surface area contributed by atoms with Gasteiger partial charge in [-0.3, -0.25) is 0 Å². The molecule has 0 saturated heterocycles. The van der Waals surface area contributed by atoms with Crippen LogP contribution in [0.15, 0.2) is 0 Å². The Balaban J connectivity index is 1.78. The predicted octanol–water partition coefficient (Wildman–Crippen LogP) is 9.27. The van der Waals surface area contributed by atoms with Crippen molar-refractivity contribution in [3.8, 4) is 0 Å². The van der Waals surface area contributed by atoms with Crippen LogP contribution in [0, 0.1) is 23.2 Å². The van der Waals surface area contributed by atoms with E-state index >= 15 is 0 Å². The van der Waals surface area contributed by atoms with E-state index < -0.39 is 0 Å². The van der Waals surface area contributed by atoms with Crippen LogP contribution < -0.4 is 0 Å². The fourth-order valence-corrected chi connectivity index (χ4v) is 6.76. The maximum atomic E-state index is 2.63. The van der Waals surface area contributed by atoms with Gasteiger partial charge in [-0.2, -0.15) is 0 Å². The lowest BCUT2D eigenvalue weighted by Gasteiger charge is -2.63. The summed E-state index contributed by atoms with van der Waals surface area (Å²) in [5, 5.41) is 0. The van der Waals surface area contributed by atoms with Crippen LogP contribution in [0.2, 0.25) is 18.5 Å². The molecule has 3 rings (SSSR count). The van der Waals surface area contributed by atoms with Gasteiger partial charge in [0.1, 0.15) is 6.71 Å². The standard InChI is InChI=1S/C26H51B/c1-6-8-10-12-14-16-18-27(19-17-15-13-11-9-7-2)25-21-23-20-24(22(25)3)26(23,4)5/h22-25H,6-21H2,1-5H3/t22?,23-,24+,25?/m0/s1. The van der Waals surface area contributed by atoms with Crippen molar-refractivity contribution >= 4 is 6.71 Å². The molecule has 0 heterocycles. The first-order valence-corrected chi connectivity index (χ1v) is 13.0. The van der Waals surface area contributed by atoms with E-state index in [2.05, 4.69) is 34.6 Å². The molecule has 0 amide bonds. The molecule has 158 valence electrons. The van der Waals surface area contributed by atoms with Gasteiger partial charge >= 0.3 is 0 Å². The Labute approximate surface area is 173 Å². The minimum Gasteiger partial charge on any atom is -0.0739 e. The first-order chi connectivity index (χ1) is 13.0. The van der Waals surface area contributed by atoms with Crippen molar-refractivity contribution < 1.29 is 0 Å². The molecule has 0 radical (unpaired) electrons. The van der Waals surface area contributed by atoms with E-state index in [-0.39, 0.29) is 0 Å². The van der Waals surface area contributed by atoms with Gasteiger partial charge in [0.05, 0.1) is 0 Å². The van der Waals surface area contributed by atoms with E-state index in [1.807, 2.05) is 0 Å². The molecule has 3 saturated carbocycles. The molecule has 0 nitrogen and oxygen atoms in total. The number of fused-ring (bicyclic) bond motifs is 2. The normalized spacial score (nSPS) is 28.8. The van der Waals surface area contributed by atoms with E-state index in [0.717, 1.165) is 30.3 Å². The summed E-state index contributed by atoms with van der Waals surface area (Å²) in [4.78, 5) is 0. The Bertz CT molecular complexity index is 372. The highest BCUT2D eigenvalue weighted by Crippen LogP contribution is 2.65. The average Bonchev–Trinajstić information content (AvgIpc) is 2.65. The second-order valence-corrected chi connectivity index (χ2v) is 11.0. The van der Waals surface area contributed by atoms with Gasteiger partial charge in [-0.1, -0.05) is 137 Å². The molecular formula is C26H51B. The summed E-state index contributed by atoms with van der Waals surface area (Å²) in [6.07, 6.45) is 23.7. The second kappa shape index (κ2) is 11.9. The van der Waals surface area contributed by atoms with Crippen LogP contribution in [0.4, 0.5) is 0 Å². The monoisotopic (exact) mass is 374 g/mol. The summed E-state index contributed by atoms with van der Waals surface area (Å²) >= 11 is 0. The summed E-state index contributed by atoms with van der Waals surface area (Å²) in [6, 6.07) is 0. The highest BCUT2D eigenvalue weighted by atomic mass is 14.6. The lowest BCUT2D eigenvalue weighted by Crippen LogP contribution is -2.55. The lowest BCUT2D eigenvalue weighted by molar-refractivity contribution is -0.0992. The molecule has 1 heteroatoms. The maximum Gasteiger partial charge on any atom is 0.143 e. The molecule has 2 bridgehead atoms. The smallest absolute Gasteiger partial charge is 0.0739 e. The van der Waals surface area contributed by atoms with E-state index in [1.54, 1.807) is 12.8 Å². The van der Waals surface area contributed by atoms with Gasteiger partial charge in [0.15, 0.2) is 0 Å². The van der Waals surface area contributed by atoms with Crippen molar-refractivity contribution in [2.24, 2.45) is 23.2 Å². The SMILES string of the molecule is CCCCCCCCB(CCCCCCCC)C1C[C@@H]2C[C@H](C1C)C2(C)C. The number of rotatable bonds is 15. The van der Waals surface area contributed by atoms with Crippen LogP contribution in [-0.2, 0) is 0 Å². The summed E-state index contributed by atoms with van der Waals surface area (Å²) in [7, 11) is 0. The van der Waals surface area contributed by atoms with Crippen LogP contribution in [0.25, 0.3) is 0 Å². The van der Waals surface area contributed by atoms with E-state index in [0.29, 0.717) is 5.41 Å². The first-order valence-electron chi connectivity index (χ1n) is 13.0. The molecule has 0 spiro atoms. The first kappa shape index (κ1) is 23.3. The van der Waals surface area contributed by atoms with Crippen molar-refractivity contribution in [2.75, 3.05) is 0 Å². The molecule has 3 fully saturated rings. The van der Waals surface area contributed by atoms with Crippen LogP contribution in [0.5, 0.6) is 0 Å². The van der Waals surface area contributed by atoms with Crippen LogP contribution in [0.1, 0.15) is 125 Å². The highest BCUT2D eigenvalue weighted by molar-refractivity contribution is 6.60. The third-order valence-electron chi connectivity index (χ3n) is 8.88. The average molecular weight is 375 g/mol. The topological polar surface area (TPSA) is 0 Å². The summed E-state index contributed by atoms with van der Waals surface area (Å²) in [5.41, 5.74) is 0.654. The van der Waals surface area contributed by atoms with Crippen molar-refractivity contribution in [3.63, 3.8) is 0 Å². The van der Waals surface area contributed by atoms with Gasteiger partial charge in [0.2, 0.25) is 0 Å². The number of unbranched alkanes of at least 4 members (excludes halogenated alkanes) is 10. The zero-order chi connectivity index (χ0) is 19.7. The van der Waals surface area contributed by atoms with Gasteiger partial charge in [0.25, 0.3) is 0 Å². The fraction of sp³-hybridized carbons (Fsp3) is 1.00. The molecule has 4 atom stereocenters. The summed E-state index contributed by atoms with van der Waals surface area (Å²) < 4.78 is 0. The van der Waals surface area contributed by atoms with Crippen molar-refractivity contribution in [1.29, 1.82) is 0 Å². The zero-order valence-electron chi connectivity index (χ0n) is 19.7.